The number of halogens is 1. The van der Waals surface area contributed by atoms with Gasteiger partial charge < -0.3 is 20.1 Å². The molecule has 2 aromatic carbocycles. The van der Waals surface area contributed by atoms with E-state index in [0.29, 0.717) is 34.3 Å². The maximum Gasteiger partial charge on any atom is 0.262 e. The Labute approximate surface area is 150 Å². The molecule has 1 heterocycles. The average molecular weight is 361 g/mol. The molecule has 0 aliphatic carbocycles. The minimum Gasteiger partial charge on any atom is -0.495 e. The molecule has 0 aromatic heterocycles. The van der Waals surface area contributed by atoms with Crippen LogP contribution in [0.5, 0.6) is 11.5 Å². The van der Waals surface area contributed by atoms with Gasteiger partial charge in [0.05, 0.1) is 18.5 Å². The van der Waals surface area contributed by atoms with Crippen molar-refractivity contribution in [2.45, 2.75) is 12.8 Å². The Morgan fingerprint density at radius 3 is 2.96 bits per heavy atom. The van der Waals surface area contributed by atoms with Gasteiger partial charge in [0.15, 0.2) is 6.61 Å². The zero-order chi connectivity index (χ0) is 17.8. The Hall–Kier alpha value is -2.73. The zero-order valence-electron chi connectivity index (χ0n) is 13.6. The summed E-state index contributed by atoms with van der Waals surface area (Å²) in [5.74, 6) is 0.844. The molecule has 7 heteroatoms. The second-order valence-corrected chi connectivity index (χ2v) is 6.00. The highest BCUT2D eigenvalue weighted by Gasteiger charge is 2.16. The smallest absolute Gasteiger partial charge is 0.262 e. The van der Waals surface area contributed by atoms with Crippen molar-refractivity contribution in [3.05, 3.63) is 47.0 Å². The van der Waals surface area contributed by atoms with Crippen LogP contribution in [0.25, 0.3) is 0 Å². The highest BCUT2D eigenvalue weighted by molar-refractivity contribution is 6.31. The molecule has 25 heavy (non-hydrogen) atoms. The summed E-state index contributed by atoms with van der Waals surface area (Å²) < 4.78 is 10.5. The molecular weight excluding hydrogens is 344 g/mol. The molecule has 0 radical (unpaired) electrons. The van der Waals surface area contributed by atoms with E-state index in [1.807, 2.05) is 12.1 Å². The predicted octanol–water partition coefficient (Wildman–Crippen LogP) is 3.25. The lowest BCUT2D eigenvalue weighted by Crippen LogP contribution is -2.25. The number of ether oxygens (including phenoxy) is 2. The normalized spacial score (nSPS) is 12.6. The SMILES string of the molecule is COc1ccc(Cl)cc1NC(=O)CCc1ccc2c(c1)NC(=O)CO2. The van der Waals surface area contributed by atoms with Gasteiger partial charge in [-0.25, -0.2) is 0 Å². The first-order chi connectivity index (χ1) is 12.0. The average Bonchev–Trinajstić information content (AvgIpc) is 2.60. The lowest BCUT2D eigenvalue weighted by molar-refractivity contribution is -0.118. The second-order valence-electron chi connectivity index (χ2n) is 5.56. The van der Waals surface area contributed by atoms with Crippen molar-refractivity contribution < 1.29 is 19.1 Å². The highest BCUT2D eigenvalue weighted by Crippen LogP contribution is 2.30. The van der Waals surface area contributed by atoms with Gasteiger partial charge in [-0.2, -0.15) is 0 Å². The molecule has 0 saturated heterocycles. The minimum atomic E-state index is -0.185. The van der Waals surface area contributed by atoms with Crippen LogP contribution in [-0.2, 0) is 16.0 Å². The minimum absolute atomic E-state index is 0.0240. The van der Waals surface area contributed by atoms with Gasteiger partial charge in [0.2, 0.25) is 5.91 Å². The van der Waals surface area contributed by atoms with Crippen molar-refractivity contribution in [1.29, 1.82) is 0 Å². The van der Waals surface area contributed by atoms with Crippen molar-refractivity contribution in [2.24, 2.45) is 0 Å². The summed E-state index contributed by atoms with van der Waals surface area (Å²) in [4.78, 5) is 23.6. The summed E-state index contributed by atoms with van der Waals surface area (Å²) in [6.45, 7) is 0.0240. The first-order valence-corrected chi connectivity index (χ1v) is 8.12. The van der Waals surface area contributed by atoms with E-state index in [0.717, 1.165) is 5.56 Å². The number of methoxy groups -OCH3 is 1. The van der Waals surface area contributed by atoms with Crippen LogP contribution in [0, 0.1) is 0 Å². The Morgan fingerprint density at radius 1 is 1.32 bits per heavy atom. The summed E-state index contributed by atoms with van der Waals surface area (Å²) in [5, 5.41) is 6.07. The third kappa shape index (κ3) is 4.22. The number of carbonyl (C=O) groups is 2. The van der Waals surface area contributed by atoms with Crippen LogP contribution >= 0.6 is 11.6 Å². The number of hydrogen-bond acceptors (Lipinski definition) is 4. The van der Waals surface area contributed by atoms with Crippen LogP contribution < -0.4 is 20.1 Å². The lowest BCUT2D eigenvalue weighted by Gasteiger charge is -2.18. The molecule has 0 fully saturated rings. The Balaban J connectivity index is 1.62. The molecule has 0 bridgehead atoms. The quantitative estimate of drug-likeness (QED) is 0.858. The molecular formula is C18H17ClN2O4. The molecule has 3 rings (SSSR count). The highest BCUT2D eigenvalue weighted by atomic mass is 35.5. The number of hydrogen-bond donors (Lipinski definition) is 2. The number of benzene rings is 2. The topological polar surface area (TPSA) is 76.7 Å². The number of aryl methyl sites for hydroxylation is 1. The Bertz CT molecular complexity index is 823. The van der Waals surface area contributed by atoms with Gasteiger partial charge in [-0.05, 0) is 42.3 Å². The van der Waals surface area contributed by atoms with Crippen molar-refractivity contribution in [2.75, 3.05) is 24.4 Å². The van der Waals surface area contributed by atoms with Crippen LogP contribution in [0.15, 0.2) is 36.4 Å². The second kappa shape index (κ2) is 7.44. The van der Waals surface area contributed by atoms with E-state index < -0.39 is 0 Å². The van der Waals surface area contributed by atoms with Crippen molar-refractivity contribution >= 4 is 34.8 Å². The van der Waals surface area contributed by atoms with Gasteiger partial charge in [0.1, 0.15) is 11.5 Å². The summed E-state index contributed by atoms with van der Waals surface area (Å²) in [6.07, 6.45) is 0.807. The molecule has 2 amide bonds. The van der Waals surface area contributed by atoms with E-state index >= 15 is 0 Å². The van der Waals surface area contributed by atoms with Crippen LogP contribution in [0.3, 0.4) is 0 Å². The zero-order valence-corrected chi connectivity index (χ0v) is 14.4. The first-order valence-electron chi connectivity index (χ1n) is 7.74. The fraction of sp³-hybridized carbons (Fsp3) is 0.222. The Morgan fingerprint density at radius 2 is 2.16 bits per heavy atom. The number of amides is 2. The van der Waals surface area contributed by atoms with Gasteiger partial charge in [0, 0.05) is 11.4 Å². The molecule has 0 saturated carbocycles. The van der Waals surface area contributed by atoms with Crippen LogP contribution in [0.4, 0.5) is 11.4 Å². The standard InChI is InChI=1S/C18H17ClN2O4/c1-24-15-6-4-12(19)9-14(15)20-17(22)7-3-11-2-5-16-13(8-11)21-18(23)10-25-16/h2,4-6,8-9H,3,7,10H2,1H3,(H,20,22)(H,21,23). The molecule has 130 valence electrons. The molecule has 2 N–H and O–H groups in total. The third-order valence-electron chi connectivity index (χ3n) is 3.75. The summed E-state index contributed by atoms with van der Waals surface area (Å²) >= 11 is 5.96. The summed E-state index contributed by atoms with van der Waals surface area (Å²) in [6, 6.07) is 10.5. The molecule has 2 aromatic rings. The van der Waals surface area contributed by atoms with Gasteiger partial charge in [0.25, 0.3) is 5.91 Å². The molecule has 1 aliphatic rings. The maximum atomic E-state index is 12.2. The molecule has 0 atom stereocenters. The monoisotopic (exact) mass is 360 g/mol. The van der Waals surface area contributed by atoms with Gasteiger partial charge in [-0.1, -0.05) is 17.7 Å². The number of carbonyl (C=O) groups excluding carboxylic acids is 2. The number of rotatable bonds is 5. The van der Waals surface area contributed by atoms with Crippen LogP contribution in [0.1, 0.15) is 12.0 Å². The summed E-state index contributed by atoms with van der Waals surface area (Å²) in [7, 11) is 1.53. The van der Waals surface area contributed by atoms with E-state index in [-0.39, 0.29) is 24.8 Å². The number of nitrogens with one attached hydrogen (secondary N) is 2. The largest absolute Gasteiger partial charge is 0.495 e. The number of anilines is 2. The van der Waals surface area contributed by atoms with E-state index in [2.05, 4.69) is 10.6 Å². The van der Waals surface area contributed by atoms with E-state index in [4.69, 9.17) is 21.1 Å². The van der Waals surface area contributed by atoms with Crippen molar-refractivity contribution in [3.63, 3.8) is 0 Å². The van der Waals surface area contributed by atoms with Gasteiger partial charge in [-0.15, -0.1) is 0 Å². The van der Waals surface area contributed by atoms with Crippen molar-refractivity contribution in [1.82, 2.24) is 0 Å². The van der Waals surface area contributed by atoms with Crippen LogP contribution in [-0.4, -0.2) is 25.5 Å². The Kier molecular flexibility index (Phi) is 5.09. The molecule has 0 spiro atoms. The van der Waals surface area contributed by atoms with E-state index in [1.54, 1.807) is 24.3 Å². The maximum absolute atomic E-state index is 12.2. The number of fused-ring (bicyclic) bond motifs is 1. The fourth-order valence-corrected chi connectivity index (χ4v) is 2.71. The van der Waals surface area contributed by atoms with Gasteiger partial charge >= 0.3 is 0 Å². The fourth-order valence-electron chi connectivity index (χ4n) is 2.53. The van der Waals surface area contributed by atoms with E-state index in [1.165, 1.54) is 7.11 Å². The molecule has 0 unspecified atom stereocenters. The van der Waals surface area contributed by atoms with Gasteiger partial charge in [-0.3, -0.25) is 9.59 Å². The van der Waals surface area contributed by atoms with Crippen molar-refractivity contribution in [3.8, 4) is 11.5 Å². The molecule has 1 aliphatic heterocycles. The summed E-state index contributed by atoms with van der Waals surface area (Å²) in [5.41, 5.74) is 2.09. The predicted molar refractivity (Wildman–Crippen MR) is 95.5 cm³/mol. The first kappa shape index (κ1) is 17.1. The third-order valence-corrected chi connectivity index (χ3v) is 3.99. The lowest BCUT2D eigenvalue weighted by atomic mass is 10.1. The van der Waals surface area contributed by atoms with Crippen LogP contribution in [0.2, 0.25) is 5.02 Å². The molecule has 6 nitrogen and oxygen atoms in total. The van der Waals surface area contributed by atoms with E-state index in [9.17, 15) is 9.59 Å².